The second-order valence-corrected chi connectivity index (χ2v) is 8.52. The lowest BCUT2D eigenvalue weighted by atomic mass is 9.92. The Morgan fingerprint density at radius 1 is 1.33 bits per heavy atom. The van der Waals surface area contributed by atoms with Gasteiger partial charge in [0.05, 0.1) is 6.10 Å². The first-order chi connectivity index (χ1) is 14.3. The summed E-state index contributed by atoms with van der Waals surface area (Å²) >= 11 is 0. The van der Waals surface area contributed by atoms with Crippen LogP contribution in [0.2, 0.25) is 0 Å². The Morgan fingerprint density at radius 3 is 2.87 bits per heavy atom. The van der Waals surface area contributed by atoms with Gasteiger partial charge in [0.1, 0.15) is 17.0 Å². The number of Topliss-reactive ketones (excluding diaryl/α,β-unsaturated/α-hetero) is 1. The highest BCUT2D eigenvalue weighted by atomic mass is 16.3. The minimum atomic E-state index is -0.519. The molecule has 158 valence electrons. The normalized spacial score (nSPS) is 22.1. The van der Waals surface area contributed by atoms with E-state index in [-0.39, 0.29) is 30.1 Å². The van der Waals surface area contributed by atoms with Crippen LogP contribution in [0, 0.1) is 5.92 Å². The average Bonchev–Trinajstić information content (AvgIpc) is 3.16. The zero-order chi connectivity index (χ0) is 21.4. The topological polar surface area (TPSA) is 105 Å². The second-order valence-electron chi connectivity index (χ2n) is 8.52. The predicted octanol–water partition coefficient (Wildman–Crippen LogP) is 2.92. The first-order valence-electron chi connectivity index (χ1n) is 10.4. The predicted molar refractivity (Wildman–Crippen MR) is 116 cm³/mol. The quantitative estimate of drug-likeness (QED) is 0.625. The Bertz CT molecular complexity index is 1050. The van der Waals surface area contributed by atoms with E-state index in [0.717, 1.165) is 17.0 Å². The Labute approximate surface area is 175 Å². The largest absolute Gasteiger partial charge is 0.459 e. The van der Waals surface area contributed by atoms with Gasteiger partial charge in [-0.1, -0.05) is 20.8 Å². The van der Waals surface area contributed by atoms with Gasteiger partial charge in [-0.15, -0.1) is 0 Å². The van der Waals surface area contributed by atoms with Crippen molar-refractivity contribution in [1.29, 1.82) is 0 Å². The molecule has 7 nitrogen and oxygen atoms in total. The SMILES string of the molecule is CC(C)c1cc2nc(C(=O)Cc3cnccc3N3C[C@@H](N)[C@H](O)[C@@H](C)C3)ccc2o1. The number of aliphatic hydroxyl groups excluding tert-OH is 1. The molecule has 0 aromatic carbocycles. The third-order valence-electron chi connectivity index (χ3n) is 5.78. The lowest BCUT2D eigenvalue weighted by Gasteiger charge is -2.40. The fourth-order valence-electron chi connectivity index (χ4n) is 4.02. The number of pyridine rings is 2. The first-order valence-corrected chi connectivity index (χ1v) is 10.4. The lowest BCUT2D eigenvalue weighted by molar-refractivity contribution is 0.0784. The Kier molecular flexibility index (Phi) is 5.58. The third kappa shape index (κ3) is 3.95. The van der Waals surface area contributed by atoms with Crippen LogP contribution in [0.3, 0.4) is 0 Å². The van der Waals surface area contributed by atoms with Crippen molar-refractivity contribution in [3.05, 3.63) is 53.7 Å². The van der Waals surface area contributed by atoms with E-state index in [2.05, 4.69) is 28.7 Å². The van der Waals surface area contributed by atoms with Crippen molar-refractivity contribution >= 4 is 22.6 Å². The molecule has 0 radical (unpaired) electrons. The molecule has 0 unspecified atom stereocenters. The number of fused-ring (bicyclic) bond motifs is 1. The van der Waals surface area contributed by atoms with Crippen molar-refractivity contribution in [2.75, 3.05) is 18.0 Å². The van der Waals surface area contributed by atoms with Crippen LogP contribution in [0.4, 0.5) is 5.69 Å². The van der Waals surface area contributed by atoms with Gasteiger partial charge in [0, 0.05) is 67.1 Å². The van der Waals surface area contributed by atoms with E-state index >= 15 is 0 Å². The monoisotopic (exact) mass is 408 g/mol. The van der Waals surface area contributed by atoms with E-state index in [0.29, 0.717) is 29.9 Å². The standard InChI is InChI=1S/C23H28N4O3/c1-13(2)22-9-18-21(30-22)5-4-17(26-18)20(28)8-15-10-25-7-6-19(15)27-11-14(3)23(29)16(24)12-27/h4-7,9-10,13-14,16,23,29H,8,11-12,24H2,1-3H3/t14-,16+,23+/m0/s1. The van der Waals surface area contributed by atoms with Crippen LogP contribution >= 0.6 is 0 Å². The molecule has 7 heteroatoms. The molecule has 3 aromatic heterocycles. The molecule has 3 aromatic rings. The highest BCUT2D eigenvalue weighted by molar-refractivity contribution is 5.98. The van der Waals surface area contributed by atoms with Gasteiger partial charge in [-0.05, 0) is 18.2 Å². The molecule has 1 saturated heterocycles. The molecule has 4 rings (SSSR count). The maximum absolute atomic E-state index is 13.0. The van der Waals surface area contributed by atoms with Gasteiger partial charge < -0.3 is 20.2 Å². The zero-order valence-electron chi connectivity index (χ0n) is 17.6. The van der Waals surface area contributed by atoms with E-state index in [1.165, 1.54) is 0 Å². The summed E-state index contributed by atoms with van der Waals surface area (Å²) in [6.07, 6.45) is 3.11. The highest BCUT2D eigenvalue weighted by Crippen LogP contribution is 2.27. The summed E-state index contributed by atoms with van der Waals surface area (Å²) in [5.41, 5.74) is 9.67. The van der Waals surface area contributed by atoms with Crippen LogP contribution in [-0.2, 0) is 6.42 Å². The number of ketones is 1. The molecule has 0 aliphatic carbocycles. The maximum atomic E-state index is 13.0. The van der Waals surface area contributed by atoms with Gasteiger partial charge in [0.2, 0.25) is 0 Å². The number of carbonyl (C=O) groups excluding carboxylic acids is 1. The molecular weight excluding hydrogens is 380 g/mol. The van der Waals surface area contributed by atoms with Crippen LogP contribution in [0.15, 0.2) is 41.1 Å². The molecule has 0 spiro atoms. The summed E-state index contributed by atoms with van der Waals surface area (Å²) < 4.78 is 5.79. The van der Waals surface area contributed by atoms with Crippen molar-refractivity contribution in [3.63, 3.8) is 0 Å². The zero-order valence-corrected chi connectivity index (χ0v) is 17.6. The third-order valence-corrected chi connectivity index (χ3v) is 5.78. The van der Waals surface area contributed by atoms with Crippen LogP contribution in [0.1, 0.15) is 48.5 Å². The molecular formula is C23H28N4O3. The molecule has 1 aliphatic heterocycles. The van der Waals surface area contributed by atoms with Gasteiger partial charge in [-0.25, -0.2) is 4.98 Å². The molecule has 4 heterocycles. The number of nitrogens with two attached hydrogens (primary N) is 1. The van der Waals surface area contributed by atoms with Gasteiger partial charge >= 0.3 is 0 Å². The van der Waals surface area contributed by atoms with E-state index in [9.17, 15) is 9.90 Å². The van der Waals surface area contributed by atoms with E-state index in [4.69, 9.17) is 10.2 Å². The van der Waals surface area contributed by atoms with Crippen LogP contribution in [-0.4, -0.2) is 46.1 Å². The smallest absolute Gasteiger partial charge is 0.185 e. The minimum Gasteiger partial charge on any atom is -0.459 e. The van der Waals surface area contributed by atoms with Gasteiger partial charge in [0.25, 0.3) is 0 Å². The fourth-order valence-corrected chi connectivity index (χ4v) is 4.02. The van der Waals surface area contributed by atoms with Crippen molar-refractivity contribution in [2.24, 2.45) is 11.7 Å². The number of furan rings is 1. The molecule has 0 amide bonds. The number of aliphatic hydroxyl groups is 1. The summed E-state index contributed by atoms with van der Waals surface area (Å²) in [7, 11) is 0. The Hall–Kier alpha value is -2.77. The van der Waals surface area contributed by atoms with E-state index in [1.54, 1.807) is 24.5 Å². The van der Waals surface area contributed by atoms with E-state index in [1.807, 2.05) is 19.1 Å². The molecule has 1 aliphatic rings. The summed E-state index contributed by atoms with van der Waals surface area (Å²) in [5.74, 6) is 1.08. The maximum Gasteiger partial charge on any atom is 0.185 e. The first kappa shape index (κ1) is 20.5. The highest BCUT2D eigenvalue weighted by Gasteiger charge is 2.32. The van der Waals surface area contributed by atoms with Crippen molar-refractivity contribution < 1.29 is 14.3 Å². The van der Waals surface area contributed by atoms with Crippen molar-refractivity contribution in [1.82, 2.24) is 9.97 Å². The van der Waals surface area contributed by atoms with E-state index < -0.39 is 6.10 Å². The molecule has 3 atom stereocenters. The summed E-state index contributed by atoms with van der Waals surface area (Å²) in [6, 6.07) is 6.99. The molecule has 1 fully saturated rings. The number of piperidine rings is 1. The molecule has 30 heavy (non-hydrogen) atoms. The number of nitrogens with zero attached hydrogens (tertiary/aromatic N) is 3. The Balaban J connectivity index is 1.57. The summed E-state index contributed by atoms with van der Waals surface area (Å²) in [4.78, 5) is 23.9. The number of rotatable bonds is 5. The summed E-state index contributed by atoms with van der Waals surface area (Å²) in [6.45, 7) is 7.31. The fraction of sp³-hybridized carbons (Fsp3) is 0.435. The second kappa shape index (κ2) is 8.16. The van der Waals surface area contributed by atoms with Crippen LogP contribution in [0.25, 0.3) is 11.1 Å². The van der Waals surface area contributed by atoms with Gasteiger partial charge in [0.15, 0.2) is 11.4 Å². The Morgan fingerprint density at radius 2 is 2.13 bits per heavy atom. The lowest BCUT2D eigenvalue weighted by Crippen LogP contribution is -2.55. The molecule has 0 bridgehead atoms. The number of carbonyl (C=O) groups is 1. The minimum absolute atomic E-state index is 0.0470. The molecule has 3 N–H and O–H groups in total. The van der Waals surface area contributed by atoms with Crippen molar-refractivity contribution in [2.45, 2.75) is 45.3 Å². The van der Waals surface area contributed by atoms with Crippen LogP contribution in [0.5, 0.6) is 0 Å². The number of hydrogen-bond acceptors (Lipinski definition) is 7. The number of aromatic nitrogens is 2. The average molecular weight is 409 g/mol. The number of anilines is 1. The van der Waals surface area contributed by atoms with Crippen molar-refractivity contribution in [3.8, 4) is 0 Å². The van der Waals surface area contributed by atoms with Gasteiger partial charge in [-0.2, -0.15) is 0 Å². The van der Waals surface area contributed by atoms with Crippen LogP contribution < -0.4 is 10.6 Å². The summed E-state index contributed by atoms with van der Waals surface area (Å²) in [5, 5.41) is 10.2. The molecule has 0 saturated carbocycles. The van der Waals surface area contributed by atoms with Gasteiger partial charge in [-0.3, -0.25) is 9.78 Å². The number of hydrogen-bond donors (Lipinski definition) is 2.